The second-order valence-corrected chi connectivity index (χ2v) is 5.96. The Morgan fingerprint density at radius 3 is 2.72 bits per heavy atom. The van der Waals surface area contributed by atoms with Crippen LogP contribution in [0, 0.1) is 0 Å². The highest BCUT2D eigenvalue weighted by molar-refractivity contribution is 14.0. The first-order valence-corrected chi connectivity index (χ1v) is 8.13. The average molecular weight is 456 g/mol. The van der Waals surface area contributed by atoms with Gasteiger partial charge in [0.05, 0.1) is 13.7 Å². The Labute approximate surface area is 165 Å². The molecule has 2 aromatic rings. The standard InChI is InChI=1S/C17H24N6O.HI/c1-18-17(19-10-16-21-20-12-22(16)2)23-9-8-14(11-23)13-4-6-15(24-3)7-5-13;/h4-7,12,14H,8-11H2,1-3H3,(H,18,19);1H. The number of nitrogens with zero attached hydrogens (tertiary/aromatic N) is 5. The highest BCUT2D eigenvalue weighted by atomic mass is 127. The lowest BCUT2D eigenvalue weighted by atomic mass is 9.98. The van der Waals surface area contributed by atoms with Gasteiger partial charge in [-0.2, -0.15) is 0 Å². The third kappa shape index (κ3) is 4.62. The van der Waals surface area contributed by atoms with Gasteiger partial charge in [-0.05, 0) is 24.1 Å². The predicted octanol–water partition coefficient (Wildman–Crippen LogP) is 2.01. The van der Waals surface area contributed by atoms with Crippen molar-refractivity contribution in [2.45, 2.75) is 18.9 Å². The zero-order chi connectivity index (χ0) is 16.9. The third-order valence-electron chi connectivity index (χ3n) is 4.50. The lowest BCUT2D eigenvalue weighted by molar-refractivity contribution is 0.414. The average Bonchev–Trinajstić information content (AvgIpc) is 3.25. The summed E-state index contributed by atoms with van der Waals surface area (Å²) in [4.78, 5) is 6.71. The van der Waals surface area contributed by atoms with Crippen LogP contribution in [0.2, 0.25) is 0 Å². The van der Waals surface area contributed by atoms with Gasteiger partial charge >= 0.3 is 0 Å². The molecule has 1 aliphatic rings. The van der Waals surface area contributed by atoms with E-state index in [-0.39, 0.29) is 24.0 Å². The number of guanidine groups is 1. The third-order valence-corrected chi connectivity index (χ3v) is 4.50. The molecule has 7 nitrogen and oxygen atoms in total. The molecule has 0 bridgehead atoms. The number of ether oxygens (including phenoxy) is 1. The Balaban J connectivity index is 0.00000225. The van der Waals surface area contributed by atoms with Crippen molar-refractivity contribution in [1.29, 1.82) is 0 Å². The highest BCUT2D eigenvalue weighted by Crippen LogP contribution is 2.28. The topological polar surface area (TPSA) is 67.6 Å². The maximum absolute atomic E-state index is 5.23. The molecular weight excluding hydrogens is 431 g/mol. The fourth-order valence-corrected chi connectivity index (χ4v) is 3.06. The summed E-state index contributed by atoms with van der Waals surface area (Å²) >= 11 is 0. The molecule has 0 spiro atoms. The molecule has 1 unspecified atom stereocenters. The number of nitrogens with one attached hydrogen (secondary N) is 1. The molecule has 3 rings (SSSR count). The molecule has 1 saturated heterocycles. The Kier molecular flexibility index (Phi) is 7.03. The maximum atomic E-state index is 5.23. The molecule has 1 fully saturated rings. The molecule has 25 heavy (non-hydrogen) atoms. The summed E-state index contributed by atoms with van der Waals surface area (Å²) in [6, 6.07) is 8.36. The normalized spacial score (nSPS) is 17.3. The molecule has 0 saturated carbocycles. The fourth-order valence-electron chi connectivity index (χ4n) is 3.06. The summed E-state index contributed by atoms with van der Waals surface area (Å²) in [7, 11) is 5.45. The number of halogens is 1. The van der Waals surface area contributed by atoms with E-state index in [1.165, 1.54) is 5.56 Å². The van der Waals surface area contributed by atoms with E-state index in [1.807, 2.05) is 30.8 Å². The predicted molar refractivity (Wildman–Crippen MR) is 109 cm³/mol. The van der Waals surface area contributed by atoms with Crippen LogP contribution in [0.1, 0.15) is 23.7 Å². The molecular formula is C17H25IN6O. The van der Waals surface area contributed by atoms with Gasteiger partial charge in [0.1, 0.15) is 12.1 Å². The van der Waals surface area contributed by atoms with Crippen LogP contribution in [0.4, 0.5) is 0 Å². The van der Waals surface area contributed by atoms with Crippen molar-refractivity contribution in [3.05, 3.63) is 42.0 Å². The minimum absolute atomic E-state index is 0. The first-order chi connectivity index (χ1) is 11.7. The van der Waals surface area contributed by atoms with Crippen LogP contribution in [-0.4, -0.2) is 52.9 Å². The van der Waals surface area contributed by atoms with E-state index in [9.17, 15) is 0 Å². The fraction of sp³-hybridized carbons (Fsp3) is 0.471. The van der Waals surface area contributed by atoms with Gasteiger partial charge < -0.3 is 19.5 Å². The molecule has 0 amide bonds. The van der Waals surface area contributed by atoms with E-state index in [1.54, 1.807) is 13.4 Å². The Morgan fingerprint density at radius 1 is 1.36 bits per heavy atom. The number of benzene rings is 1. The first-order valence-electron chi connectivity index (χ1n) is 8.13. The monoisotopic (exact) mass is 456 g/mol. The van der Waals surface area contributed by atoms with Crippen LogP contribution < -0.4 is 10.1 Å². The van der Waals surface area contributed by atoms with Crippen molar-refractivity contribution in [3.8, 4) is 5.75 Å². The Morgan fingerprint density at radius 2 is 2.12 bits per heavy atom. The van der Waals surface area contributed by atoms with E-state index in [0.29, 0.717) is 12.5 Å². The van der Waals surface area contributed by atoms with Gasteiger partial charge in [-0.15, -0.1) is 34.2 Å². The van der Waals surface area contributed by atoms with E-state index in [4.69, 9.17) is 4.74 Å². The molecule has 1 N–H and O–H groups in total. The zero-order valence-electron chi connectivity index (χ0n) is 14.8. The minimum Gasteiger partial charge on any atom is -0.497 e. The molecule has 0 radical (unpaired) electrons. The first kappa shape index (κ1) is 19.5. The van der Waals surface area contributed by atoms with E-state index in [2.05, 4.69) is 37.5 Å². The minimum atomic E-state index is 0. The number of methoxy groups -OCH3 is 1. The summed E-state index contributed by atoms with van der Waals surface area (Å²) in [5.41, 5.74) is 1.35. The highest BCUT2D eigenvalue weighted by Gasteiger charge is 2.26. The van der Waals surface area contributed by atoms with Crippen molar-refractivity contribution in [1.82, 2.24) is 25.0 Å². The maximum Gasteiger partial charge on any atom is 0.194 e. The van der Waals surface area contributed by atoms with E-state index >= 15 is 0 Å². The molecule has 1 aliphatic heterocycles. The summed E-state index contributed by atoms with van der Waals surface area (Å²) in [5.74, 6) is 3.22. The molecule has 136 valence electrons. The molecule has 1 atom stereocenters. The summed E-state index contributed by atoms with van der Waals surface area (Å²) in [6.45, 7) is 2.58. The smallest absolute Gasteiger partial charge is 0.194 e. The summed E-state index contributed by atoms with van der Waals surface area (Å²) in [5, 5.41) is 11.4. The van der Waals surface area contributed by atoms with Crippen molar-refractivity contribution in [3.63, 3.8) is 0 Å². The quantitative estimate of drug-likeness (QED) is 0.433. The largest absolute Gasteiger partial charge is 0.497 e. The zero-order valence-corrected chi connectivity index (χ0v) is 17.2. The molecule has 8 heteroatoms. The lowest BCUT2D eigenvalue weighted by Crippen LogP contribution is -2.40. The SMILES string of the molecule is CN=C(NCc1nncn1C)N1CCC(c2ccc(OC)cc2)C1.I. The number of hydrogen-bond acceptors (Lipinski definition) is 4. The Bertz CT molecular complexity index is 699. The van der Waals surface area contributed by atoms with Crippen LogP contribution in [0.5, 0.6) is 5.75 Å². The number of rotatable bonds is 4. The molecule has 2 heterocycles. The van der Waals surface area contributed by atoms with E-state index in [0.717, 1.165) is 37.0 Å². The van der Waals surface area contributed by atoms with Crippen LogP contribution in [0.15, 0.2) is 35.6 Å². The van der Waals surface area contributed by atoms with Crippen LogP contribution in [0.3, 0.4) is 0 Å². The van der Waals surface area contributed by atoms with Gasteiger partial charge in [0.25, 0.3) is 0 Å². The van der Waals surface area contributed by atoms with Crippen LogP contribution in [-0.2, 0) is 13.6 Å². The van der Waals surface area contributed by atoms with Crippen molar-refractivity contribution >= 4 is 29.9 Å². The second-order valence-electron chi connectivity index (χ2n) is 5.96. The van der Waals surface area contributed by atoms with Crippen molar-refractivity contribution in [2.75, 3.05) is 27.2 Å². The summed E-state index contributed by atoms with van der Waals surface area (Å²) in [6.07, 6.45) is 2.83. The van der Waals surface area contributed by atoms with Crippen molar-refractivity contribution in [2.24, 2.45) is 12.0 Å². The number of aliphatic imine (C=N–C) groups is 1. The van der Waals surface area contributed by atoms with Gasteiger partial charge in [-0.3, -0.25) is 4.99 Å². The Hall–Kier alpha value is -1.84. The molecule has 0 aliphatic carbocycles. The van der Waals surface area contributed by atoms with Crippen LogP contribution >= 0.6 is 24.0 Å². The van der Waals surface area contributed by atoms with Crippen LogP contribution in [0.25, 0.3) is 0 Å². The molecule has 1 aromatic heterocycles. The lowest BCUT2D eigenvalue weighted by Gasteiger charge is -2.21. The van der Waals surface area contributed by atoms with Crippen molar-refractivity contribution < 1.29 is 4.74 Å². The molecule has 1 aromatic carbocycles. The van der Waals surface area contributed by atoms with Gasteiger partial charge in [0.2, 0.25) is 0 Å². The number of likely N-dealkylation sites (tertiary alicyclic amines) is 1. The number of hydrogen-bond donors (Lipinski definition) is 1. The van der Waals surface area contributed by atoms with Gasteiger partial charge in [0, 0.05) is 33.1 Å². The number of aromatic nitrogens is 3. The number of aryl methyl sites for hydroxylation is 1. The van der Waals surface area contributed by atoms with Gasteiger partial charge in [0.15, 0.2) is 11.8 Å². The van der Waals surface area contributed by atoms with Gasteiger partial charge in [-0.25, -0.2) is 0 Å². The second kappa shape index (κ2) is 9.02. The van der Waals surface area contributed by atoms with E-state index < -0.39 is 0 Å². The summed E-state index contributed by atoms with van der Waals surface area (Å²) < 4.78 is 7.14. The van der Waals surface area contributed by atoms with Gasteiger partial charge in [-0.1, -0.05) is 12.1 Å².